The summed E-state index contributed by atoms with van der Waals surface area (Å²) in [4.78, 5) is 11.9. The Bertz CT molecular complexity index is 270. The lowest BCUT2D eigenvalue weighted by atomic mass is 9.93. The molecule has 0 aromatic rings. The average Bonchev–Trinajstić information content (AvgIpc) is 2.28. The zero-order valence-corrected chi connectivity index (χ0v) is 10.3. The number of amides is 1. The van der Waals surface area contributed by atoms with Gasteiger partial charge in [0.1, 0.15) is 0 Å². The van der Waals surface area contributed by atoms with E-state index >= 15 is 0 Å². The topological polar surface area (TPSA) is 41.1 Å². The average molecular weight is 222 g/mol. The third-order valence-electron chi connectivity index (χ3n) is 3.19. The Morgan fingerprint density at radius 2 is 2.44 bits per heavy atom. The molecule has 0 bridgehead atoms. The lowest BCUT2D eigenvalue weighted by molar-refractivity contribution is -0.124. The molecular formula is C13H22N2O. The molecule has 1 amide bonds. The highest BCUT2D eigenvalue weighted by atomic mass is 16.2. The number of nitrogens with one attached hydrogen (secondary N) is 2. The van der Waals surface area contributed by atoms with E-state index in [1.54, 1.807) is 0 Å². The molecule has 0 aromatic carbocycles. The van der Waals surface area contributed by atoms with Crippen molar-refractivity contribution in [3.63, 3.8) is 0 Å². The fraction of sp³-hybridized carbons (Fsp3) is 0.769. The Morgan fingerprint density at radius 1 is 1.69 bits per heavy atom. The van der Waals surface area contributed by atoms with E-state index in [0.29, 0.717) is 12.3 Å². The molecule has 1 rings (SSSR count). The molecule has 0 radical (unpaired) electrons. The monoisotopic (exact) mass is 222 g/mol. The van der Waals surface area contributed by atoms with Gasteiger partial charge in [-0.15, -0.1) is 12.3 Å². The van der Waals surface area contributed by atoms with Crippen molar-refractivity contribution >= 4 is 5.91 Å². The SMILES string of the molecule is C#CCC(CC)NC(=O)C1CC(C)CCN1. The fourth-order valence-corrected chi connectivity index (χ4v) is 2.05. The summed E-state index contributed by atoms with van der Waals surface area (Å²) in [5.41, 5.74) is 0. The number of rotatable bonds is 4. The van der Waals surface area contributed by atoms with Crippen LogP contribution in [0.15, 0.2) is 0 Å². The van der Waals surface area contributed by atoms with Crippen LogP contribution in [0.5, 0.6) is 0 Å². The molecule has 1 aliphatic heterocycles. The van der Waals surface area contributed by atoms with E-state index in [1.807, 2.05) is 6.92 Å². The summed E-state index contributed by atoms with van der Waals surface area (Å²) < 4.78 is 0. The Labute approximate surface area is 98.4 Å². The number of carbonyl (C=O) groups excluding carboxylic acids is 1. The van der Waals surface area contributed by atoms with Gasteiger partial charge < -0.3 is 10.6 Å². The van der Waals surface area contributed by atoms with E-state index < -0.39 is 0 Å². The van der Waals surface area contributed by atoms with Crippen LogP contribution < -0.4 is 10.6 Å². The lowest BCUT2D eigenvalue weighted by Gasteiger charge is -2.28. The van der Waals surface area contributed by atoms with E-state index in [9.17, 15) is 4.79 Å². The van der Waals surface area contributed by atoms with Gasteiger partial charge in [-0.2, -0.15) is 0 Å². The normalized spacial score (nSPS) is 26.8. The van der Waals surface area contributed by atoms with Gasteiger partial charge in [-0.25, -0.2) is 0 Å². The van der Waals surface area contributed by atoms with Crippen molar-refractivity contribution in [1.29, 1.82) is 0 Å². The van der Waals surface area contributed by atoms with Crippen molar-refractivity contribution in [3.8, 4) is 12.3 Å². The number of piperidine rings is 1. The van der Waals surface area contributed by atoms with Crippen molar-refractivity contribution in [2.24, 2.45) is 5.92 Å². The van der Waals surface area contributed by atoms with E-state index in [-0.39, 0.29) is 18.0 Å². The fourth-order valence-electron chi connectivity index (χ4n) is 2.05. The van der Waals surface area contributed by atoms with Gasteiger partial charge in [0.05, 0.1) is 6.04 Å². The smallest absolute Gasteiger partial charge is 0.237 e. The van der Waals surface area contributed by atoms with Gasteiger partial charge in [-0.05, 0) is 31.7 Å². The highest BCUT2D eigenvalue weighted by Gasteiger charge is 2.25. The van der Waals surface area contributed by atoms with Crippen molar-refractivity contribution in [2.75, 3.05) is 6.54 Å². The van der Waals surface area contributed by atoms with Gasteiger partial charge >= 0.3 is 0 Å². The molecule has 90 valence electrons. The van der Waals surface area contributed by atoms with Gasteiger partial charge in [-0.3, -0.25) is 4.79 Å². The largest absolute Gasteiger partial charge is 0.351 e. The molecule has 1 saturated heterocycles. The highest BCUT2D eigenvalue weighted by molar-refractivity contribution is 5.82. The van der Waals surface area contributed by atoms with Crippen LogP contribution in [0.2, 0.25) is 0 Å². The van der Waals surface area contributed by atoms with Crippen LogP contribution in [0.4, 0.5) is 0 Å². The quantitative estimate of drug-likeness (QED) is 0.704. The molecule has 3 atom stereocenters. The number of terminal acetylenes is 1. The number of carbonyl (C=O) groups is 1. The van der Waals surface area contributed by atoms with Crippen LogP contribution in [0.25, 0.3) is 0 Å². The first kappa shape index (κ1) is 13.1. The summed E-state index contributed by atoms with van der Waals surface area (Å²) in [7, 11) is 0. The molecule has 3 heteroatoms. The first-order valence-corrected chi connectivity index (χ1v) is 6.14. The second kappa shape index (κ2) is 6.55. The Kier molecular flexibility index (Phi) is 5.34. The predicted molar refractivity (Wildman–Crippen MR) is 65.9 cm³/mol. The first-order valence-electron chi connectivity index (χ1n) is 6.14. The van der Waals surface area contributed by atoms with Gasteiger partial charge in [0.25, 0.3) is 0 Å². The van der Waals surface area contributed by atoms with Crippen LogP contribution in [-0.4, -0.2) is 24.5 Å². The number of hydrogen-bond acceptors (Lipinski definition) is 2. The van der Waals surface area contributed by atoms with Crippen molar-refractivity contribution < 1.29 is 4.79 Å². The van der Waals surface area contributed by atoms with Crippen molar-refractivity contribution in [3.05, 3.63) is 0 Å². The molecule has 3 nitrogen and oxygen atoms in total. The molecule has 0 aliphatic carbocycles. The van der Waals surface area contributed by atoms with Gasteiger partial charge in [0, 0.05) is 12.5 Å². The van der Waals surface area contributed by atoms with Crippen LogP contribution in [0.1, 0.15) is 39.5 Å². The lowest BCUT2D eigenvalue weighted by Crippen LogP contribution is -2.50. The minimum absolute atomic E-state index is 0.0319. The van der Waals surface area contributed by atoms with Gasteiger partial charge in [0.2, 0.25) is 5.91 Å². The highest BCUT2D eigenvalue weighted by Crippen LogP contribution is 2.15. The second-order valence-electron chi connectivity index (χ2n) is 4.66. The van der Waals surface area contributed by atoms with Crippen LogP contribution in [0.3, 0.4) is 0 Å². The minimum Gasteiger partial charge on any atom is -0.351 e. The zero-order valence-electron chi connectivity index (χ0n) is 10.3. The minimum atomic E-state index is -0.0319. The maximum atomic E-state index is 11.9. The predicted octanol–water partition coefficient (Wildman–Crippen LogP) is 1.29. The first-order chi connectivity index (χ1) is 7.67. The van der Waals surface area contributed by atoms with Crippen LogP contribution in [0, 0.1) is 18.3 Å². The molecule has 1 heterocycles. The summed E-state index contributed by atoms with van der Waals surface area (Å²) in [5, 5.41) is 6.27. The second-order valence-corrected chi connectivity index (χ2v) is 4.66. The Hall–Kier alpha value is -1.01. The molecule has 3 unspecified atom stereocenters. The summed E-state index contributed by atoms with van der Waals surface area (Å²) in [6.45, 7) is 5.17. The van der Waals surface area contributed by atoms with E-state index in [4.69, 9.17) is 6.42 Å². The van der Waals surface area contributed by atoms with Crippen molar-refractivity contribution in [1.82, 2.24) is 10.6 Å². The Morgan fingerprint density at radius 3 is 3.00 bits per heavy atom. The maximum Gasteiger partial charge on any atom is 0.237 e. The summed E-state index contributed by atoms with van der Waals surface area (Å²) >= 11 is 0. The standard InChI is InChI=1S/C13H22N2O/c1-4-6-11(5-2)15-13(16)12-9-10(3)7-8-14-12/h1,10-12,14H,5-9H2,2-3H3,(H,15,16). The number of hydrogen-bond donors (Lipinski definition) is 2. The van der Waals surface area contributed by atoms with E-state index in [0.717, 1.165) is 25.8 Å². The molecule has 0 aromatic heterocycles. The third-order valence-corrected chi connectivity index (χ3v) is 3.19. The molecule has 1 fully saturated rings. The molecule has 16 heavy (non-hydrogen) atoms. The summed E-state index contributed by atoms with van der Waals surface area (Å²) in [5.74, 6) is 3.34. The Balaban J connectivity index is 2.41. The zero-order chi connectivity index (χ0) is 12.0. The summed E-state index contributed by atoms with van der Waals surface area (Å²) in [6.07, 6.45) is 8.85. The molecule has 0 spiro atoms. The molecule has 1 aliphatic rings. The van der Waals surface area contributed by atoms with Gasteiger partial charge in [-0.1, -0.05) is 13.8 Å². The van der Waals surface area contributed by atoms with E-state index in [2.05, 4.69) is 23.5 Å². The summed E-state index contributed by atoms with van der Waals surface area (Å²) in [6, 6.07) is 0.0899. The van der Waals surface area contributed by atoms with Crippen LogP contribution >= 0.6 is 0 Å². The molecule has 0 saturated carbocycles. The molecular weight excluding hydrogens is 200 g/mol. The van der Waals surface area contributed by atoms with Crippen LogP contribution in [-0.2, 0) is 4.79 Å². The molecule has 2 N–H and O–H groups in total. The van der Waals surface area contributed by atoms with Gasteiger partial charge in [0.15, 0.2) is 0 Å². The third kappa shape index (κ3) is 3.86. The van der Waals surface area contributed by atoms with E-state index in [1.165, 1.54) is 0 Å². The van der Waals surface area contributed by atoms with Crippen molar-refractivity contribution in [2.45, 2.75) is 51.6 Å². The maximum absolute atomic E-state index is 11.9.